The van der Waals surface area contributed by atoms with Crippen LogP contribution in [0.4, 0.5) is 14.5 Å². The molecule has 0 saturated carbocycles. The molecule has 0 bridgehead atoms. The second kappa shape index (κ2) is 5.10. The number of carboxylic acid groups (broad SMARTS) is 1. The van der Waals surface area contributed by atoms with Crippen molar-refractivity contribution in [3.8, 4) is 0 Å². The number of sulfonamides is 1. The van der Waals surface area contributed by atoms with Crippen LogP contribution < -0.4 is 4.31 Å². The number of aliphatic carboxylic acids is 1. The normalized spacial score (nSPS) is 17.1. The Morgan fingerprint density at radius 2 is 1.95 bits per heavy atom. The average Bonchev–Trinajstić information content (AvgIpc) is 2.33. The van der Waals surface area contributed by atoms with E-state index in [1.165, 1.54) is 18.2 Å². The highest BCUT2D eigenvalue weighted by molar-refractivity contribution is 7.92. The maximum absolute atomic E-state index is 14.4. The molecule has 0 unspecified atom stereocenters. The highest BCUT2D eigenvalue weighted by atomic mass is 32.2. The van der Waals surface area contributed by atoms with Crippen LogP contribution in [0, 0.1) is 0 Å². The molecule has 0 radical (unpaired) electrons. The number of halogens is 2. The van der Waals surface area contributed by atoms with Crippen molar-refractivity contribution in [2.45, 2.75) is 18.9 Å². The molecule has 0 fully saturated rings. The van der Waals surface area contributed by atoms with Crippen molar-refractivity contribution in [1.29, 1.82) is 0 Å². The van der Waals surface area contributed by atoms with Crippen molar-refractivity contribution in [2.24, 2.45) is 0 Å². The topological polar surface area (TPSA) is 74.7 Å². The number of hydrogen-bond acceptors (Lipinski definition) is 3. The number of nitrogens with zero attached hydrogens (tertiary/aromatic N) is 1. The van der Waals surface area contributed by atoms with Crippen molar-refractivity contribution in [2.75, 3.05) is 10.6 Å². The Hall–Kier alpha value is -1.96. The summed E-state index contributed by atoms with van der Waals surface area (Å²) >= 11 is 0. The summed E-state index contributed by atoms with van der Waals surface area (Å²) in [6, 6.07) is 2.06. The summed E-state index contributed by atoms with van der Waals surface area (Å²) in [5.41, 5.74) is -0.340. The van der Waals surface area contributed by atoms with E-state index in [0.29, 0.717) is 11.8 Å². The average molecular weight is 317 g/mol. The van der Waals surface area contributed by atoms with E-state index in [9.17, 15) is 22.0 Å². The summed E-state index contributed by atoms with van der Waals surface area (Å²) in [5.74, 6) is -1.23. The Kier molecular flexibility index (Phi) is 3.75. The van der Waals surface area contributed by atoms with Crippen molar-refractivity contribution in [3.05, 3.63) is 35.4 Å². The zero-order valence-corrected chi connectivity index (χ0v) is 11.9. The second-order valence-electron chi connectivity index (χ2n) is 4.69. The van der Waals surface area contributed by atoms with Gasteiger partial charge in [-0.2, -0.15) is 8.78 Å². The number of carbonyl (C=O) groups is 1. The van der Waals surface area contributed by atoms with Gasteiger partial charge in [0.1, 0.15) is 0 Å². The molecule has 1 N–H and O–H groups in total. The van der Waals surface area contributed by atoms with E-state index in [1.54, 1.807) is 6.07 Å². The fraction of sp³-hybridized carbons (Fsp3) is 0.308. The van der Waals surface area contributed by atoms with E-state index in [1.807, 2.05) is 0 Å². The van der Waals surface area contributed by atoms with Crippen molar-refractivity contribution >= 4 is 27.8 Å². The lowest BCUT2D eigenvalue weighted by Crippen LogP contribution is -2.48. The number of alkyl halides is 2. The molecular formula is C13H13F2NO4S. The van der Waals surface area contributed by atoms with Gasteiger partial charge in [0.2, 0.25) is 10.0 Å². The van der Waals surface area contributed by atoms with Gasteiger partial charge in [-0.15, -0.1) is 0 Å². The van der Waals surface area contributed by atoms with E-state index >= 15 is 0 Å². The van der Waals surface area contributed by atoms with Crippen LogP contribution in [0.5, 0.6) is 0 Å². The lowest BCUT2D eigenvalue weighted by atomic mass is 9.99. The molecule has 0 amide bonds. The Bertz CT molecular complexity index is 713. The van der Waals surface area contributed by atoms with Gasteiger partial charge in [-0.3, -0.25) is 4.79 Å². The molecule has 0 saturated heterocycles. The van der Waals surface area contributed by atoms with Crippen molar-refractivity contribution in [1.82, 2.24) is 0 Å². The molecule has 0 aliphatic carbocycles. The number of hydrogen-bond donors (Lipinski definition) is 1. The van der Waals surface area contributed by atoms with Gasteiger partial charge in [0, 0.05) is 12.0 Å². The molecule has 1 aromatic rings. The molecule has 1 aromatic carbocycles. The first kappa shape index (κ1) is 15.4. The third-order valence-corrected chi connectivity index (χ3v) is 4.16. The van der Waals surface area contributed by atoms with Gasteiger partial charge < -0.3 is 5.11 Å². The van der Waals surface area contributed by atoms with Crippen LogP contribution in [0.1, 0.15) is 18.4 Å². The minimum Gasteiger partial charge on any atom is -0.481 e. The largest absolute Gasteiger partial charge is 0.481 e. The molecule has 1 heterocycles. The maximum atomic E-state index is 14.4. The van der Waals surface area contributed by atoms with Crippen LogP contribution in [0.15, 0.2) is 29.8 Å². The number of benzene rings is 1. The number of rotatable bonds is 4. The minimum absolute atomic E-state index is 0.0481. The van der Waals surface area contributed by atoms with Crippen LogP contribution in [0.25, 0.3) is 6.08 Å². The van der Waals surface area contributed by atoms with E-state index in [-0.39, 0.29) is 9.99 Å². The first-order valence-electron chi connectivity index (χ1n) is 6.04. The molecule has 1 aliphatic rings. The van der Waals surface area contributed by atoms with Gasteiger partial charge in [0.15, 0.2) is 0 Å². The summed E-state index contributed by atoms with van der Waals surface area (Å²) in [4.78, 5) is 10.6. The number of para-hydroxylation sites is 1. The molecule has 1 aliphatic heterocycles. The van der Waals surface area contributed by atoms with Crippen molar-refractivity contribution < 1.29 is 27.1 Å². The van der Waals surface area contributed by atoms with Gasteiger partial charge in [-0.05, 0) is 24.1 Å². The lowest BCUT2D eigenvalue weighted by Gasteiger charge is -2.36. The zero-order valence-electron chi connectivity index (χ0n) is 11.1. The number of anilines is 1. The Morgan fingerprint density at radius 3 is 2.52 bits per heavy atom. The quantitative estimate of drug-likeness (QED) is 0.865. The van der Waals surface area contributed by atoms with Crippen LogP contribution >= 0.6 is 0 Å². The fourth-order valence-corrected chi connectivity index (χ4v) is 3.26. The first-order chi connectivity index (χ1) is 9.64. The van der Waals surface area contributed by atoms with E-state index < -0.39 is 40.5 Å². The van der Waals surface area contributed by atoms with E-state index in [4.69, 9.17) is 5.11 Å². The summed E-state index contributed by atoms with van der Waals surface area (Å²) in [5, 5.41) is 8.63. The fourth-order valence-electron chi connectivity index (χ4n) is 2.20. The summed E-state index contributed by atoms with van der Waals surface area (Å²) in [7, 11) is -4.22. The maximum Gasteiger partial charge on any atom is 0.361 e. The van der Waals surface area contributed by atoms with E-state index in [0.717, 1.165) is 6.08 Å². The molecule has 2 rings (SSSR count). The molecular weight excluding hydrogens is 304 g/mol. The summed E-state index contributed by atoms with van der Waals surface area (Å²) in [6.45, 7) is 0. The number of fused-ring (bicyclic) bond motifs is 1. The Balaban J connectivity index is 2.59. The predicted molar refractivity (Wildman–Crippen MR) is 73.6 cm³/mol. The predicted octanol–water partition coefficient (Wildman–Crippen LogP) is 2.31. The monoisotopic (exact) mass is 317 g/mol. The van der Waals surface area contributed by atoms with Crippen LogP contribution in [-0.4, -0.2) is 31.8 Å². The Morgan fingerprint density at radius 1 is 1.33 bits per heavy atom. The van der Waals surface area contributed by atoms with Gasteiger partial charge >= 0.3 is 12.0 Å². The minimum atomic E-state index is -4.22. The number of carboxylic acids is 1. The van der Waals surface area contributed by atoms with E-state index in [2.05, 4.69) is 0 Å². The smallest absolute Gasteiger partial charge is 0.361 e. The molecule has 0 atom stereocenters. The first-order valence-corrected chi connectivity index (χ1v) is 7.89. The van der Waals surface area contributed by atoms with Crippen LogP contribution in [-0.2, 0) is 14.8 Å². The molecule has 0 aromatic heterocycles. The zero-order chi connectivity index (χ0) is 15.8. The third-order valence-electron chi connectivity index (χ3n) is 3.07. The molecule has 0 spiro atoms. The van der Waals surface area contributed by atoms with Gasteiger partial charge in [0.25, 0.3) is 0 Å². The van der Waals surface area contributed by atoms with Crippen LogP contribution in [0.2, 0.25) is 0 Å². The standard InChI is InChI=1S/C13H13F2NO4S/c1-21(19,20)16-11-5-3-2-4-9(11)8-10(13(16,14)15)6-7-12(17)18/h2-5,8H,6-7H2,1H3,(H,17,18). The summed E-state index contributed by atoms with van der Waals surface area (Å²) in [6.07, 6.45) is 0.918. The third kappa shape index (κ3) is 2.90. The van der Waals surface area contributed by atoms with Crippen LogP contribution in [0.3, 0.4) is 0 Å². The molecule has 8 heteroatoms. The molecule has 21 heavy (non-hydrogen) atoms. The highest BCUT2D eigenvalue weighted by Gasteiger charge is 2.49. The summed E-state index contributed by atoms with van der Waals surface area (Å²) < 4.78 is 52.4. The van der Waals surface area contributed by atoms with Gasteiger partial charge in [-0.1, -0.05) is 18.2 Å². The lowest BCUT2D eigenvalue weighted by molar-refractivity contribution is -0.137. The van der Waals surface area contributed by atoms with Gasteiger partial charge in [0.05, 0.1) is 11.9 Å². The molecule has 114 valence electrons. The van der Waals surface area contributed by atoms with Crippen molar-refractivity contribution in [3.63, 3.8) is 0 Å². The Labute approximate surface area is 120 Å². The highest BCUT2D eigenvalue weighted by Crippen LogP contribution is 2.44. The SMILES string of the molecule is CS(=O)(=O)N1c2ccccc2C=C(CCC(=O)O)C1(F)F. The molecule has 5 nitrogen and oxygen atoms in total. The van der Waals surface area contributed by atoms with Gasteiger partial charge in [-0.25, -0.2) is 12.7 Å². The second-order valence-corrected chi connectivity index (χ2v) is 6.52.